The molecule has 0 saturated heterocycles. The van der Waals surface area contributed by atoms with Crippen LogP contribution in [0.5, 0.6) is 0 Å². The van der Waals surface area contributed by atoms with Crippen LogP contribution in [0, 0.1) is 11.8 Å². The molecule has 0 radical (unpaired) electrons. The summed E-state index contributed by atoms with van der Waals surface area (Å²) in [4.78, 5) is 72.2. The second kappa shape index (κ2) is 56.6. The Morgan fingerprint density at radius 2 is 0.614 bits per heavy atom. The minimum absolute atomic E-state index is 0.103. The molecule has 0 aliphatic heterocycles. The van der Waals surface area contributed by atoms with Crippen molar-refractivity contribution in [3.05, 3.63) is 0 Å². The third-order valence-electron chi connectivity index (χ3n) is 15.1. The fraction of sp³-hybridized carbons (Fsp3) is 0.938. The highest BCUT2D eigenvalue weighted by Gasteiger charge is 2.30. The quantitative estimate of drug-likeness (QED) is 0.0222. The summed E-state index contributed by atoms with van der Waals surface area (Å²) >= 11 is 0. The van der Waals surface area contributed by atoms with Crippen LogP contribution in [0.15, 0.2) is 0 Å². The van der Waals surface area contributed by atoms with Gasteiger partial charge >= 0.3 is 39.5 Å². The first kappa shape index (κ1) is 81.1. The molecule has 0 bridgehead atoms. The minimum Gasteiger partial charge on any atom is -0.462 e. The van der Waals surface area contributed by atoms with E-state index in [1.807, 2.05) is 0 Å². The smallest absolute Gasteiger partial charge is 0.462 e. The number of aliphatic hydroxyl groups excluding tert-OH is 1. The molecule has 17 nitrogen and oxygen atoms in total. The van der Waals surface area contributed by atoms with Crippen LogP contribution >= 0.6 is 15.6 Å². The highest BCUT2D eigenvalue weighted by atomic mass is 31.2. The molecule has 0 aliphatic carbocycles. The fourth-order valence-corrected chi connectivity index (χ4v) is 11.1. The van der Waals surface area contributed by atoms with Crippen molar-refractivity contribution in [1.29, 1.82) is 0 Å². The molecule has 0 aromatic rings. The predicted octanol–water partition coefficient (Wildman–Crippen LogP) is 17.7. The van der Waals surface area contributed by atoms with Crippen LogP contribution in [0.25, 0.3) is 0 Å². The lowest BCUT2D eigenvalue weighted by Crippen LogP contribution is -2.30. The Morgan fingerprint density at radius 3 is 0.916 bits per heavy atom. The van der Waals surface area contributed by atoms with E-state index in [4.69, 9.17) is 37.0 Å². The zero-order valence-electron chi connectivity index (χ0n) is 53.5. The normalized spacial score (nSPS) is 14.6. The van der Waals surface area contributed by atoms with E-state index in [1.165, 1.54) is 135 Å². The van der Waals surface area contributed by atoms with Crippen LogP contribution in [-0.4, -0.2) is 96.7 Å². The van der Waals surface area contributed by atoms with E-state index in [0.29, 0.717) is 25.7 Å². The predicted molar refractivity (Wildman–Crippen MR) is 331 cm³/mol. The van der Waals surface area contributed by atoms with Crippen LogP contribution in [0.4, 0.5) is 0 Å². The molecule has 0 aliphatic rings. The largest absolute Gasteiger partial charge is 0.472 e. The number of unbranched alkanes of at least 4 members (excludes halogenated alkanes) is 32. The van der Waals surface area contributed by atoms with E-state index >= 15 is 0 Å². The number of phosphoric ester groups is 2. The van der Waals surface area contributed by atoms with E-state index in [-0.39, 0.29) is 25.7 Å². The number of carbonyl (C=O) groups excluding carboxylic acids is 4. The van der Waals surface area contributed by atoms with Gasteiger partial charge in [0.2, 0.25) is 0 Å². The van der Waals surface area contributed by atoms with Gasteiger partial charge in [-0.15, -0.1) is 0 Å². The molecule has 0 fully saturated rings. The Morgan fingerprint density at radius 1 is 0.349 bits per heavy atom. The van der Waals surface area contributed by atoms with Crippen molar-refractivity contribution in [3.8, 4) is 0 Å². The Labute approximate surface area is 505 Å². The zero-order chi connectivity index (χ0) is 61.5. The first-order valence-electron chi connectivity index (χ1n) is 33.5. The second-order valence-electron chi connectivity index (χ2n) is 23.9. The maximum absolute atomic E-state index is 13.0. The maximum atomic E-state index is 13.0. The number of phosphoric acid groups is 2. The van der Waals surface area contributed by atoms with Gasteiger partial charge in [-0.05, 0) is 37.5 Å². The van der Waals surface area contributed by atoms with Gasteiger partial charge in [-0.1, -0.05) is 266 Å². The summed E-state index contributed by atoms with van der Waals surface area (Å²) in [7, 11) is -9.89. The van der Waals surface area contributed by atoms with Gasteiger partial charge in [0.15, 0.2) is 12.2 Å². The average Bonchev–Trinajstić information content (AvgIpc) is 3.47. The molecule has 6 atom stereocenters. The highest BCUT2D eigenvalue weighted by Crippen LogP contribution is 2.45. The molecule has 0 spiro atoms. The summed E-state index contributed by atoms with van der Waals surface area (Å²) in [6, 6.07) is 0. The summed E-state index contributed by atoms with van der Waals surface area (Å²) in [6.45, 7) is 9.40. The molecule has 3 unspecified atom stereocenters. The van der Waals surface area contributed by atoms with Crippen molar-refractivity contribution in [2.24, 2.45) is 11.8 Å². The summed E-state index contributed by atoms with van der Waals surface area (Å²) < 4.78 is 68.0. The molecule has 492 valence electrons. The van der Waals surface area contributed by atoms with Crippen molar-refractivity contribution in [2.75, 3.05) is 39.6 Å². The molecule has 3 N–H and O–H groups in total. The van der Waals surface area contributed by atoms with Gasteiger partial charge in [0.1, 0.15) is 19.3 Å². The third kappa shape index (κ3) is 57.6. The SMILES string of the molecule is CCCCCCCCCCCCCCCC(=O)O[C@H](COC(=O)CCCCCCCCCCC(C)C)COP(=O)(O)OC[C@@H](O)COP(=O)(O)OC[C@@H](COC(=O)CCCCCCCCCCC)OC(=O)CCCCCCCCC(C)CC. The minimum atomic E-state index is -4.94. The van der Waals surface area contributed by atoms with Crippen LogP contribution < -0.4 is 0 Å². The lowest BCUT2D eigenvalue weighted by Gasteiger charge is -2.21. The molecular weight excluding hydrogens is 1100 g/mol. The van der Waals surface area contributed by atoms with Gasteiger partial charge < -0.3 is 33.8 Å². The second-order valence-corrected chi connectivity index (χ2v) is 26.8. The molecular formula is C64H124O17P2. The Bertz CT molecular complexity index is 1630. The standard InChI is InChI=1S/C64H124O17P2/c1-7-10-12-14-16-18-19-20-21-23-29-36-42-48-63(68)80-59(52-75-62(67)47-41-35-28-25-24-26-32-38-44-56(4)5)54-78-82(70,71)76-50-58(65)51-77-83(72,73)79-55-60(53-74-61(66)46-40-34-27-22-17-15-13-11-8-2)81-64(69)49-43-37-31-30-33-39-45-57(6)9-3/h56-60,65H,7-55H2,1-6H3,(H,70,71)(H,72,73)/t57?,58-,59-,60-/m1/s1. The van der Waals surface area contributed by atoms with Crippen LogP contribution in [-0.2, 0) is 65.4 Å². The summed E-state index contributed by atoms with van der Waals surface area (Å²) in [5.41, 5.74) is 0. The van der Waals surface area contributed by atoms with Gasteiger partial charge in [0.05, 0.1) is 26.4 Å². The molecule has 0 aromatic carbocycles. The van der Waals surface area contributed by atoms with Crippen LogP contribution in [0.1, 0.15) is 318 Å². The summed E-state index contributed by atoms with van der Waals surface area (Å²) in [5, 5.41) is 10.5. The third-order valence-corrected chi connectivity index (χ3v) is 17.0. The number of aliphatic hydroxyl groups is 1. The Kier molecular flexibility index (Phi) is 55.2. The van der Waals surface area contributed by atoms with Crippen LogP contribution in [0.3, 0.4) is 0 Å². The summed E-state index contributed by atoms with van der Waals surface area (Å²) in [6.07, 6.45) is 38.9. The molecule has 19 heteroatoms. The first-order valence-corrected chi connectivity index (χ1v) is 36.5. The van der Waals surface area contributed by atoms with Crippen molar-refractivity contribution in [2.45, 2.75) is 336 Å². The lowest BCUT2D eigenvalue weighted by molar-refractivity contribution is -0.161. The molecule has 0 rings (SSSR count). The van der Waals surface area contributed by atoms with Crippen LogP contribution in [0.2, 0.25) is 0 Å². The van der Waals surface area contributed by atoms with Crippen molar-refractivity contribution in [3.63, 3.8) is 0 Å². The van der Waals surface area contributed by atoms with Gasteiger partial charge in [-0.3, -0.25) is 37.3 Å². The van der Waals surface area contributed by atoms with Gasteiger partial charge in [0.25, 0.3) is 0 Å². The van der Waals surface area contributed by atoms with E-state index < -0.39 is 97.5 Å². The highest BCUT2D eigenvalue weighted by molar-refractivity contribution is 7.47. The Hall–Kier alpha value is -1.94. The number of ether oxygens (including phenoxy) is 4. The van der Waals surface area contributed by atoms with E-state index in [0.717, 1.165) is 102 Å². The zero-order valence-corrected chi connectivity index (χ0v) is 55.3. The maximum Gasteiger partial charge on any atom is 0.472 e. The fourth-order valence-electron chi connectivity index (χ4n) is 9.50. The lowest BCUT2D eigenvalue weighted by atomic mass is 10.00. The van der Waals surface area contributed by atoms with Crippen molar-refractivity contribution in [1.82, 2.24) is 0 Å². The number of carbonyl (C=O) groups is 4. The van der Waals surface area contributed by atoms with E-state index in [2.05, 4.69) is 41.5 Å². The van der Waals surface area contributed by atoms with Crippen molar-refractivity contribution >= 4 is 39.5 Å². The molecule has 0 aromatic heterocycles. The van der Waals surface area contributed by atoms with E-state index in [9.17, 15) is 43.2 Å². The molecule has 0 amide bonds. The monoisotopic (exact) mass is 1230 g/mol. The van der Waals surface area contributed by atoms with Crippen molar-refractivity contribution < 1.29 is 80.2 Å². The number of hydrogen-bond donors (Lipinski definition) is 3. The van der Waals surface area contributed by atoms with Gasteiger partial charge in [-0.25, -0.2) is 9.13 Å². The molecule has 83 heavy (non-hydrogen) atoms. The summed E-state index contributed by atoms with van der Waals surface area (Å²) in [5.74, 6) is -0.689. The van der Waals surface area contributed by atoms with Gasteiger partial charge in [0, 0.05) is 25.7 Å². The van der Waals surface area contributed by atoms with Gasteiger partial charge in [-0.2, -0.15) is 0 Å². The Balaban J connectivity index is 5.24. The topological polar surface area (TPSA) is 237 Å². The number of rotatable bonds is 63. The average molecular weight is 1230 g/mol. The first-order chi connectivity index (χ1) is 39.9. The number of hydrogen-bond acceptors (Lipinski definition) is 15. The van der Waals surface area contributed by atoms with E-state index in [1.54, 1.807) is 0 Å². The molecule has 0 heterocycles. The molecule has 0 saturated carbocycles. The number of esters is 4.